The smallest absolute Gasteiger partial charge is 0.255 e. The molecule has 2 atom stereocenters. The first-order valence-corrected chi connectivity index (χ1v) is 13.7. The molecule has 1 aromatic heterocycles. The molecule has 1 N–H and O–H groups in total. The van der Waals surface area contributed by atoms with E-state index in [4.69, 9.17) is 21.1 Å². The lowest BCUT2D eigenvalue weighted by Gasteiger charge is -2.44. The summed E-state index contributed by atoms with van der Waals surface area (Å²) in [6, 6.07) is 8.45. The largest absolute Gasteiger partial charge is 0.497 e. The number of methoxy groups -OCH3 is 1. The lowest BCUT2D eigenvalue weighted by molar-refractivity contribution is 0.102. The van der Waals surface area contributed by atoms with Gasteiger partial charge in [0.05, 0.1) is 31.7 Å². The zero-order valence-corrected chi connectivity index (χ0v) is 23.9. The highest BCUT2D eigenvalue weighted by Gasteiger charge is 2.29. The number of likely N-dealkylation sites (N-methyl/N-ethyl adjacent to an activating group) is 1. The topological polar surface area (TPSA) is 83.1 Å². The van der Waals surface area contributed by atoms with Crippen LogP contribution >= 0.6 is 11.6 Å². The Morgan fingerprint density at radius 2 is 1.73 bits per heavy atom. The van der Waals surface area contributed by atoms with Gasteiger partial charge in [0.25, 0.3) is 5.91 Å². The fraction of sp³-hybridized carbons (Fsp3) is 0.414. The number of nitrogens with zero attached hydrogens (tertiary/aromatic N) is 5. The number of aromatic nitrogens is 2. The zero-order chi connectivity index (χ0) is 28.4. The number of carbonyl (C=O) groups excluding carboxylic acids is 1. The van der Waals surface area contributed by atoms with E-state index in [0.717, 1.165) is 0 Å². The molecule has 212 valence electrons. The van der Waals surface area contributed by atoms with Gasteiger partial charge < -0.3 is 24.6 Å². The summed E-state index contributed by atoms with van der Waals surface area (Å²) in [7, 11) is 3.60. The van der Waals surface area contributed by atoms with Gasteiger partial charge in [0, 0.05) is 72.4 Å². The molecular formula is C29H34ClFN6O3. The van der Waals surface area contributed by atoms with Gasteiger partial charge in [0.15, 0.2) is 0 Å². The van der Waals surface area contributed by atoms with E-state index in [0.29, 0.717) is 84.2 Å². The van der Waals surface area contributed by atoms with Crippen LogP contribution in [0.4, 0.5) is 21.7 Å². The van der Waals surface area contributed by atoms with Crippen molar-refractivity contribution < 1.29 is 18.7 Å². The standard InChI is InChI=1S/C29H34ClFN6O3/c1-18-16-37(17-19(2)35(18)3)27-13-25(31)24(21-14-32-29(33-15-21)36-5-7-40-8-6-36)12-26(27)34-28(38)20-9-22(30)11-23(10-20)39-4/h9-15,18-19H,5-8,16-17H2,1-4H3,(H,34,38). The van der Waals surface area contributed by atoms with Gasteiger partial charge in [-0.3, -0.25) is 9.69 Å². The van der Waals surface area contributed by atoms with Crippen molar-refractivity contribution >= 4 is 34.8 Å². The van der Waals surface area contributed by atoms with Gasteiger partial charge in [-0.05, 0) is 51.2 Å². The normalized spacial score (nSPS) is 19.9. The van der Waals surface area contributed by atoms with Crippen molar-refractivity contribution in [2.45, 2.75) is 25.9 Å². The minimum atomic E-state index is -0.417. The summed E-state index contributed by atoms with van der Waals surface area (Å²) in [6.07, 6.45) is 3.23. The molecule has 9 nitrogen and oxygen atoms in total. The molecule has 2 aromatic carbocycles. The van der Waals surface area contributed by atoms with Gasteiger partial charge in [-0.2, -0.15) is 0 Å². The molecule has 1 amide bonds. The van der Waals surface area contributed by atoms with E-state index in [1.807, 2.05) is 4.90 Å². The van der Waals surface area contributed by atoms with Crippen molar-refractivity contribution in [3.63, 3.8) is 0 Å². The van der Waals surface area contributed by atoms with Crippen molar-refractivity contribution in [2.24, 2.45) is 0 Å². The third-order valence-corrected chi connectivity index (χ3v) is 7.86. The highest BCUT2D eigenvalue weighted by Crippen LogP contribution is 2.36. The maximum Gasteiger partial charge on any atom is 0.255 e. The number of ether oxygens (including phenoxy) is 2. The molecule has 2 saturated heterocycles. The molecule has 2 fully saturated rings. The molecule has 5 rings (SSSR count). The summed E-state index contributed by atoms with van der Waals surface area (Å²) in [5, 5.41) is 3.38. The summed E-state index contributed by atoms with van der Waals surface area (Å²) >= 11 is 6.22. The number of hydrogen-bond acceptors (Lipinski definition) is 8. The molecule has 0 radical (unpaired) electrons. The lowest BCUT2D eigenvalue weighted by atomic mass is 10.0. The number of piperazine rings is 1. The molecule has 40 heavy (non-hydrogen) atoms. The van der Waals surface area contributed by atoms with Crippen LogP contribution in [0.15, 0.2) is 42.7 Å². The second-order valence-corrected chi connectivity index (χ2v) is 10.8. The van der Waals surface area contributed by atoms with Crippen LogP contribution in [-0.2, 0) is 4.74 Å². The quantitative estimate of drug-likeness (QED) is 0.463. The number of carbonyl (C=O) groups is 1. The number of rotatable bonds is 6. The minimum absolute atomic E-state index is 0.244. The van der Waals surface area contributed by atoms with Crippen LogP contribution in [-0.4, -0.2) is 86.4 Å². The number of amides is 1. The molecule has 3 heterocycles. The Hall–Kier alpha value is -3.47. The van der Waals surface area contributed by atoms with E-state index in [-0.39, 0.29) is 18.0 Å². The Morgan fingerprint density at radius 1 is 1.05 bits per heavy atom. The maximum atomic E-state index is 15.7. The van der Waals surface area contributed by atoms with Crippen LogP contribution in [0.3, 0.4) is 0 Å². The predicted molar refractivity (Wildman–Crippen MR) is 155 cm³/mol. The summed E-state index contributed by atoms with van der Waals surface area (Å²) in [4.78, 5) is 28.8. The predicted octanol–water partition coefficient (Wildman–Crippen LogP) is 4.56. The van der Waals surface area contributed by atoms with Gasteiger partial charge in [-0.25, -0.2) is 14.4 Å². The highest BCUT2D eigenvalue weighted by atomic mass is 35.5. The Morgan fingerprint density at radius 3 is 2.38 bits per heavy atom. The average Bonchev–Trinajstić information content (AvgIpc) is 2.96. The van der Waals surface area contributed by atoms with Crippen molar-refractivity contribution in [3.05, 3.63) is 59.1 Å². The number of halogens is 2. The molecule has 0 aliphatic carbocycles. The van der Waals surface area contributed by atoms with Crippen LogP contribution in [0.25, 0.3) is 11.1 Å². The van der Waals surface area contributed by atoms with Gasteiger partial charge in [0.1, 0.15) is 11.6 Å². The highest BCUT2D eigenvalue weighted by molar-refractivity contribution is 6.31. The number of nitrogens with one attached hydrogen (secondary N) is 1. The van der Waals surface area contributed by atoms with Crippen LogP contribution in [0, 0.1) is 5.82 Å². The molecule has 3 aromatic rings. The third kappa shape index (κ3) is 5.99. The number of benzene rings is 2. The van der Waals surface area contributed by atoms with Crippen molar-refractivity contribution in [1.29, 1.82) is 0 Å². The molecule has 0 saturated carbocycles. The Labute approximate surface area is 238 Å². The Bertz CT molecular complexity index is 1360. The second-order valence-electron chi connectivity index (χ2n) is 10.3. The fourth-order valence-electron chi connectivity index (χ4n) is 5.14. The molecule has 2 aliphatic rings. The molecule has 2 unspecified atom stereocenters. The third-order valence-electron chi connectivity index (χ3n) is 7.65. The molecular weight excluding hydrogens is 535 g/mol. The number of hydrogen-bond donors (Lipinski definition) is 1. The minimum Gasteiger partial charge on any atom is -0.497 e. The summed E-state index contributed by atoms with van der Waals surface area (Å²) < 4.78 is 26.4. The fourth-order valence-corrected chi connectivity index (χ4v) is 5.37. The molecule has 0 spiro atoms. The maximum absolute atomic E-state index is 15.7. The first kappa shape index (κ1) is 28.1. The van der Waals surface area contributed by atoms with Crippen molar-refractivity contribution in [2.75, 3.05) is 68.7 Å². The van der Waals surface area contributed by atoms with E-state index in [1.165, 1.54) is 13.2 Å². The van der Waals surface area contributed by atoms with Crippen LogP contribution in [0.2, 0.25) is 5.02 Å². The summed E-state index contributed by atoms with van der Waals surface area (Å²) in [5.74, 6) is 0.248. The summed E-state index contributed by atoms with van der Waals surface area (Å²) in [6.45, 7) is 8.28. The zero-order valence-electron chi connectivity index (χ0n) is 23.2. The van der Waals surface area contributed by atoms with Gasteiger partial charge in [-0.15, -0.1) is 0 Å². The monoisotopic (exact) mass is 568 g/mol. The number of anilines is 3. The van der Waals surface area contributed by atoms with Crippen LogP contribution < -0.4 is 19.9 Å². The summed E-state index contributed by atoms with van der Waals surface area (Å²) in [5.41, 5.74) is 2.25. The first-order valence-electron chi connectivity index (χ1n) is 13.3. The van der Waals surface area contributed by atoms with E-state index in [2.05, 4.69) is 46.0 Å². The SMILES string of the molecule is COc1cc(Cl)cc(C(=O)Nc2cc(-c3cnc(N4CCOCC4)nc3)c(F)cc2N2CC(C)N(C)C(C)C2)c1. The van der Waals surface area contributed by atoms with E-state index in [1.54, 1.807) is 36.7 Å². The van der Waals surface area contributed by atoms with E-state index < -0.39 is 5.82 Å². The molecule has 11 heteroatoms. The lowest BCUT2D eigenvalue weighted by Crippen LogP contribution is -2.55. The second kappa shape index (κ2) is 12.0. The van der Waals surface area contributed by atoms with Gasteiger partial charge >= 0.3 is 0 Å². The number of morpholine rings is 1. The average molecular weight is 569 g/mol. The first-order chi connectivity index (χ1) is 19.2. The van der Waals surface area contributed by atoms with E-state index in [9.17, 15) is 4.79 Å². The van der Waals surface area contributed by atoms with Crippen LogP contribution in [0.1, 0.15) is 24.2 Å². The van der Waals surface area contributed by atoms with Crippen molar-refractivity contribution in [1.82, 2.24) is 14.9 Å². The molecule has 0 bridgehead atoms. The Kier molecular flexibility index (Phi) is 8.39. The van der Waals surface area contributed by atoms with Crippen LogP contribution in [0.5, 0.6) is 5.75 Å². The molecule has 2 aliphatic heterocycles. The van der Waals surface area contributed by atoms with E-state index >= 15 is 4.39 Å². The Balaban J connectivity index is 1.51. The van der Waals surface area contributed by atoms with Gasteiger partial charge in [-0.1, -0.05) is 11.6 Å². The van der Waals surface area contributed by atoms with Crippen molar-refractivity contribution in [3.8, 4) is 16.9 Å². The van der Waals surface area contributed by atoms with Gasteiger partial charge in [0.2, 0.25) is 5.95 Å².